The molecule has 0 amide bonds. The summed E-state index contributed by atoms with van der Waals surface area (Å²) in [6.45, 7) is 0. The molecule has 0 fully saturated rings. The molecule has 0 aliphatic carbocycles. The average Bonchev–Trinajstić information content (AvgIpc) is 2.03. The zero-order chi connectivity index (χ0) is 8.27. The van der Waals surface area contributed by atoms with Gasteiger partial charge in [0, 0.05) is 23.3 Å². The first-order valence-corrected chi connectivity index (χ1v) is 4.08. The Morgan fingerprint density at radius 1 is 1.36 bits per heavy atom. The summed E-state index contributed by atoms with van der Waals surface area (Å²) in [4.78, 5) is 0. The van der Waals surface area contributed by atoms with Gasteiger partial charge in [0.1, 0.15) is 5.75 Å². The van der Waals surface area contributed by atoms with E-state index in [4.69, 9.17) is 4.74 Å². The molecular weight excluding hydrogens is 206 g/mol. The molecule has 0 atom stereocenters. The summed E-state index contributed by atoms with van der Waals surface area (Å²) in [5.74, 6) is 0.851. The summed E-state index contributed by atoms with van der Waals surface area (Å²) < 4.78 is 6.08. The normalized spacial score (nSPS) is 9.36. The summed E-state index contributed by atoms with van der Waals surface area (Å²) in [5, 5.41) is 3.03. The first-order valence-electron chi connectivity index (χ1n) is 3.28. The Hall–Kier alpha value is -0.700. The molecule has 0 radical (unpaired) electrons. The van der Waals surface area contributed by atoms with Crippen LogP contribution in [0.5, 0.6) is 5.75 Å². The zero-order valence-corrected chi connectivity index (χ0v) is 8.10. The van der Waals surface area contributed by atoms with Gasteiger partial charge in [-0.25, -0.2) is 0 Å². The minimum atomic E-state index is 0.851. The van der Waals surface area contributed by atoms with Crippen molar-refractivity contribution in [3.8, 4) is 5.75 Å². The van der Waals surface area contributed by atoms with Crippen LogP contribution in [-0.2, 0) is 0 Å². The van der Waals surface area contributed by atoms with E-state index in [0.29, 0.717) is 0 Å². The van der Waals surface area contributed by atoms with Crippen molar-refractivity contribution in [1.29, 1.82) is 0 Å². The summed E-state index contributed by atoms with van der Waals surface area (Å²) >= 11 is 3.37. The van der Waals surface area contributed by atoms with Crippen molar-refractivity contribution in [3.63, 3.8) is 0 Å². The smallest absolute Gasteiger partial charge is 0.122 e. The second-order valence-corrected chi connectivity index (χ2v) is 3.05. The predicted octanol–water partition coefficient (Wildman–Crippen LogP) is 2.50. The summed E-state index contributed by atoms with van der Waals surface area (Å²) in [6.07, 6.45) is 0. The standard InChI is InChI=1S/C8H10BrNO/c1-10-7-3-6(9)4-8(5-7)11-2/h3-5,10H,1-2H3. The van der Waals surface area contributed by atoms with Gasteiger partial charge in [-0.05, 0) is 12.1 Å². The molecule has 0 saturated carbocycles. The Morgan fingerprint density at radius 2 is 2.09 bits per heavy atom. The lowest BCUT2D eigenvalue weighted by Crippen LogP contribution is -1.89. The van der Waals surface area contributed by atoms with Crippen molar-refractivity contribution in [2.75, 3.05) is 19.5 Å². The van der Waals surface area contributed by atoms with Crippen LogP contribution in [0.15, 0.2) is 22.7 Å². The topological polar surface area (TPSA) is 21.3 Å². The van der Waals surface area contributed by atoms with E-state index < -0.39 is 0 Å². The lowest BCUT2D eigenvalue weighted by molar-refractivity contribution is 0.414. The maximum atomic E-state index is 5.07. The maximum Gasteiger partial charge on any atom is 0.122 e. The van der Waals surface area contributed by atoms with Crippen LogP contribution < -0.4 is 10.1 Å². The third kappa shape index (κ3) is 2.12. The number of hydrogen-bond donors (Lipinski definition) is 1. The molecule has 11 heavy (non-hydrogen) atoms. The minimum absolute atomic E-state index is 0.851. The molecule has 0 aliphatic rings. The SMILES string of the molecule is CNc1cc(Br)cc(OC)c1. The molecule has 1 rings (SSSR count). The molecule has 2 nitrogen and oxygen atoms in total. The van der Waals surface area contributed by atoms with E-state index in [-0.39, 0.29) is 0 Å². The molecule has 3 heteroatoms. The van der Waals surface area contributed by atoms with Gasteiger partial charge in [-0.3, -0.25) is 0 Å². The highest BCUT2D eigenvalue weighted by Crippen LogP contribution is 2.23. The maximum absolute atomic E-state index is 5.07. The van der Waals surface area contributed by atoms with Crippen LogP contribution in [-0.4, -0.2) is 14.2 Å². The van der Waals surface area contributed by atoms with Crippen LogP contribution >= 0.6 is 15.9 Å². The molecule has 1 N–H and O–H groups in total. The molecule has 1 aromatic rings. The van der Waals surface area contributed by atoms with Crippen molar-refractivity contribution >= 4 is 21.6 Å². The van der Waals surface area contributed by atoms with Gasteiger partial charge < -0.3 is 10.1 Å². The molecule has 0 aliphatic heterocycles. The number of rotatable bonds is 2. The Morgan fingerprint density at radius 3 is 2.64 bits per heavy atom. The summed E-state index contributed by atoms with van der Waals surface area (Å²) in [7, 11) is 3.53. The van der Waals surface area contributed by atoms with E-state index in [2.05, 4.69) is 21.2 Å². The number of methoxy groups -OCH3 is 1. The monoisotopic (exact) mass is 215 g/mol. The number of ether oxygens (including phenoxy) is 1. The van der Waals surface area contributed by atoms with Gasteiger partial charge in [0.05, 0.1) is 7.11 Å². The van der Waals surface area contributed by atoms with Gasteiger partial charge in [-0.2, -0.15) is 0 Å². The number of halogens is 1. The van der Waals surface area contributed by atoms with Gasteiger partial charge in [0.15, 0.2) is 0 Å². The van der Waals surface area contributed by atoms with Crippen LogP contribution in [0.25, 0.3) is 0 Å². The highest BCUT2D eigenvalue weighted by Gasteiger charge is 1.96. The van der Waals surface area contributed by atoms with Gasteiger partial charge in [0.2, 0.25) is 0 Å². The molecule has 60 valence electrons. The fourth-order valence-corrected chi connectivity index (χ4v) is 1.30. The Kier molecular flexibility index (Phi) is 2.76. The molecular formula is C8H10BrNO. The van der Waals surface area contributed by atoms with E-state index in [1.165, 1.54) is 0 Å². The van der Waals surface area contributed by atoms with Gasteiger partial charge in [0.25, 0.3) is 0 Å². The van der Waals surface area contributed by atoms with Crippen molar-refractivity contribution in [2.45, 2.75) is 0 Å². The van der Waals surface area contributed by atoms with Crippen molar-refractivity contribution in [2.24, 2.45) is 0 Å². The molecule has 0 bridgehead atoms. The molecule has 0 heterocycles. The fourth-order valence-electron chi connectivity index (χ4n) is 0.825. The molecule has 0 saturated heterocycles. The fraction of sp³-hybridized carbons (Fsp3) is 0.250. The first-order chi connectivity index (χ1) is 5.26. The summed E-state index contributed by atoms with van der Waals surface area (Å²) in [5.41, 5.74) is 1.04. The second-order valence-electron chi connectivity index (χ2n) is 2.13. The van der Waals surface area contributed by atoms with Crippen LogP contribution in [0.2, 0.25) is 0 Å². The number of anilines is 1. The Balaban J connectivity index is 3.02. The summed E-state index contributed by atoms with van der Waals surface area (Å²) in [6, 6.07) is 5.84. The van der Waals surface area contributed by atoms with E-state index >= 15 is 0 Å². The Bertz CT molecular complexity index is 228. The highest BCUT2D eigenvalue weighted by molar-refractivity contribution is 9.10. The molecule has 0 aromatic heterocycles. The van der Waals surface area contributed by atoms with Crippen LogP contribution in [0.3, 0.4) is 0 Å². The van der Waals surface area contributed by atoms with Crippen molar-refractivity contribution in [1.82, 2.24) is 0 Å². The third-order valence-electron chi connectivity index (χ3n) is 1.40. The van der Waals surface area contributed by atoms with Gasteiger partial charge >= 0.3 is 0 Å². The van der Waals surface area contributed by atoms with E-state index in [0.717, 1.165) is 15.9 Å². The van der Waals surface area contributed by atoms with E-state index in [1.54, 1.807) is 7.11 Å². The van der Waals surface area contributed by atoms with Crippen molar-refractivity contribution < 1.29 is 4.74 Å². The first kappa shape index (κ1) is 8.40. The van der Waals surface area contributed by atoms with E-state index in [1.807, 2.05) is 25.2 Å². The second kappa shape index (κ2) is 3.62. The van der Waals surface area contributed by atoms with Crippen LogP contribution in [0.4, 0.5) is 5.69 Å². The lowest BCUT2D eigenvalue weighted by atomic mass is 10.3. The van der Waals surface area contributed by atoms with Gasteiger partial charge in [-0.15, -0.1) is 0 Å². The zero-order valence-electron chi connectivity index (χ0n) is 6.52. The van der Waals surface area contributed by atoms with Gasteiger partial charge in [-0.1, -0.05) is 15.9 Å². The lowest BCUT2D eigenvalue weighted by Gasteiger charge is -2.04. The predicted molar refractivity (Wildman–Crippen MR) is 50.2 cm³/mol. The molecule has 1 aromatic carbocycles. The Labute approximate surface area is 74.7 Å². The number of hydrogen-bond acceptors (Lipinski definition) is 2. The highest BCUT2D eigenvalue weighted by atomic mass is 79.9. The molecule has 0 unspecified atom stereocenters. The van der Waals surface area contributed by atoms with Crippen LogP contribution in [0, 0.1) is 0 Å². The quantitative estimate of drug-likeness (QED) is 0.819. The van der Waals surface area contributed by atoms with Crippen molar-refractivity contribution in [3.05, 3.63) is 22.7 Å². The average molecular weight is 216 g/mol. The third-order valence-corrected chi connectivity index (χ3v) is 1.85. The number of nitrogens with one attached hydrogen (secondary N) is 1. The van der Waals surface area contributed by atoms with Crippen LogP contribution in [0.1, 0.15) is 0 Å². The number of benzene rings is 1. The minimum Gasteiger partial charge on any atom is -0.497 e. The largest absolute Gasteiger partial charge is 0.497 e. The van der Waals surface area contributed by atoms with E-state index in [9.17, 15) is 0 Å². The molecule has 0 spiro atoms.